The molecule has 0 unspecified atom stereocenters. The van der Waals surface area contributed by atoms with Gasteiger partial charge in [-0.15, -0.1) is 0 Å². The molecule has 0 amide bonds. The number of hydrogen-bond acceptors (Lipinski definition) is 4. The van der Waals surface area contributed by atoms with Crippen molar-refractivity contribution in [1.82, 2.24) is 0 Å². The van der Waals surface area contributed by atoms with Crippen LogP contribution in [0.4, 0.5) is 0 Å². The van der Waals surface area contributed by atoms with Crippen LogP contribution in [0.2, 0.25) is 0 Å². The van der Waals surface area contributed by atoms with Crippen LogP contribution in [0.25, 0.3) is 0 Å². The molecular weight excluding hydrogens is 327 g/mol. The highest BCUT2D eigenvalue weighted by molar-refractivity contribution is 6.63. The lowest BCUT2D eigenvalue weighted by Gasteiger charge is -2.32. The quantitative estimate of drug-likeness (QED) is 0.600. The van der Waals surface area contributed by atoms with Gasteiger partial charge >= 0.3 is 7.12 Å². The first kappa shape index (κ1) is 19.7. The van der Waals surface area contributed by atoms with E-state index in [0.29, 0.717) is 0 Å². The Morgan fingerprint density at radius 3 is 2.00 bits per heavy atom. The van der Waals surface area contributed by atoms with Crippen LogP contribution in [0, 0.1) is 0 Å². The Morgan fingerprint density at radius 2 is 1.42 bits per heavy atom. The van der Waals surface area contributed by atoms with Gasteiger partial charge in [0.15, 0.2) is 6.79 Å². The molecule has 1 aliphatic carbocycles. The van der Waals surface area contributed by atoms with Gasteiger partial charge in [0.05, 0.1) is 11.2 Å². The smallest absolute Gasteiger partial charge is 0.468 e. The van der Waals surface area contributed by atoms with Gasteiger partial charge in [-0.25, -0.2) is 0 Å². The molecule has 0 bridgehead atoms. The zero-order valence-corrected chi connectivity index (χ0v) is 17.0. The molecule has 4 nitrogen and oxygen atoms in total. The molecule has 2 aliphatic rings. The fourth-order valence-electron chi connectivity index (χ4n) is 3.71. The zero-order chi connectivity index (χ0) is 18.8. The second kappa shape index (κ2) is 7.91. The third-order valence-corrected chi connectivity index (χ3v) is 6.06. The Kier molecular flexibility index (Phi) is 6.00. The molecule has 5 heteroatoms. The normalized spacial score (nSPS) is 22.3. The second-order valence-corrected chi connectivity index (χ2v) is 8.57. The molecule has 1 saturated heterocycles. The molecule has 1 aromatic carbocycles. The molecule has 0 saturated carbocycles. The fraction of sp³-hybridized carbons (Fsp3) is 0.714. The molecular formula is C21H33BO4. The Labute approximate surface area is 158 Å². The van der Waals surface area contributed by atoms with Crippen molar-refractivity contribution in [3.05, 3.63) is 23.3 Å². The van der Waals surface area contributed by atoms with Crippen LogP contribution in [-0.2, 0) is 26.9 Å². The van der Waals surface area contributed by atoms with E-state index in [0.717, 1.165) is 24.1 Å². The Hall–Kier alpha value is -1.04. The van der Waals surface area contributed by atoms with Crippen LogP contribution in [0.5, 0.6) is 5.75 Å². The minimum Gasteiger partial charge on any atom is -0.468 e. The number of rotatable bonds is 4. The summed E-state index contributed by atoms with van der Waals surface area (Å²) in [7, 11) is 1.23. The number of fused-ring (bicyclic) bond motifs is 1. The summed E-state index contributed by atoms with van der Waals surface area (Å²) >= 11 is 0. The van der Waals surface area contributed by atoms with Gasteiger partial charge in [0.25, 0.3) is 0 Å². The van der Waals surface area contributed by atoms with E-state index in [1.54, 1.807) is 7.11 Å². The summed E-state index contributed by atoms with van der Waals surface area (Å²) in [5.74, 6) is 0.823. The maximum Gasteiger partial charge on any atom is 0.498 e. The lowest BCUT2D eigenvalue weighted by Crippen LogP contribution is -2.41. The van der Waals surface area contributed by atoms with Gasteiger partial charge in [-0.3, -0.25) is 0 Å². The third kappa shape index (κ3) is 4.10. The number of ether oxygens (including phenoxy) is 2. The average Bonchev–Trinajstić information content (AvgIpc) is 2.86. The molecule has 0 radical (unpaired) electrons. The van der Waals surface area contributed by atoms with Crippen molar-refractivity contribution in [3.63, 3.8) is 0 Å². The third-order valence-electron chi connectivity index (χ3n) is 6.06. The van der Waals surface area contributed by atoms with E-state index in [1.165, 1.54) is 43.2 Å². The van der Waals surface area contributed by atoms with Crippen molar-refractivity contribution in [2.24, 2.45) is 0 Å². The largest absolute Gasteiger partial charge is 0.498 e. The van der Waals surface area contributed by atoms with Crippen LogP contribution >= 0.6 is 0 Å². The molecule has 1 heterocycles. The summed E-state index contributed by atoms with van der Waals surface area (Å²) in [4.78, 5) is 0. The Bertz CT molecular complexity index is 611. The molecule has 1 fully saturated rings. The lowest BCUT2D eigenvalue weighted by atomic mass is 9.76. The van der Waals surface area contributed by atoms with Crippen molar-refractivity contribution in [2.45, 2.75) is 83.8 Å². The van der Waals surface area contributed by atoms with Crippen LogP contribution in [-0.4, -0.2) is 32.2 Å². The van der Waals surface area contributed by atoms with E-state index >= 15 is 0 Å². The molecule has 1 aliphatic heterocycles. The topological polar surface area (TPSA) is 36.9 Å². The van der Waals surface area contributed by atoms with Crippen LogP contribution in [0.1, 0.15) is 70.9 Å². The first-order valence-corrected chi connectivity index (χ1v) is 9.97. The van der Waals surface area contributed by atoms with E-state index in [4.69, 9.17) is 18.8 Å². The second-order valence-electron chi connectivity index (χ2n) is 8.57. The van der Waals surface area contributed by atoms with E-state index < -0.39 is 7.12 Å². The van der Waals surface area contributed by atoms with E-state index in [9.17, 15) is 0 Å². The number of aryl methyl sites for hydroxylation is 2. The molecule has 144 valence electrons. The molecule has 26 heavy (non-hydrogen) atoms. The minimum atomic E-state index is -0.412. The summed E-state index contributed by atoms with van der Waals surface area (Å²) in [6.07, 6.45) is 8.68. The Balaban J connectivity index is 1.97. The van der Waals surface area contributed by atoms with Gasteiger partial charge in [0.2, 0.25) is 0 Å². The first-order chi connectivity index (χ1) is 12.3. The predicted molar refractivity (Wildman–Crippen MR) is 105 cm³/mol. The van der Waals surface area contributed by atoms with Gasteiger partial charge in [0, 0.05) is 12.6 Å². The van der Waals surface area contributed by atoms with Crippen molar-refractivity contribution in [3.8, 4) is 5.75 Å². The number of hydrogen-bond donors (Lipinski definition) is 0. The van der Waals surface area contributed by atoms with E-state index in [-0.39, 0.29) is 18.0 Å². The van der Waals surface area contributed by atoms with Gasteiger partial charge in [-0.2, -0.15) is 0 Å². The van der Waals surface area contributed by atoms with Crippen molar-refractivity contribution in [1.29, 1.82) is 0 Å². The van der Waals surface area contributed by atoms with Crippen LogP contribution < -0.4 is 10.2 Å². The van der Waals surface area contributed by atoms with Gasteiger partial charge in [-0.1, -0.05) is 25.3 Å². The summed E-state index contributed by atoms with van der Waals surface area (Å²) in [6, 6.07) is 4.45. The molecule has 0 atom stereocenters. The molecule has 1 aromatic rings. The van der Waals surface area contributed by atoms with Crippen molar-refractivity contribution < 1.29 is 18.8 Å². The first-order valence-electron chi connectivity index (χ1n) is 9.97. The summed E-state index contributed by atoms with van der Waals surface area (Å²) in [6.45, 7) is 8.56. The van der Waals surface area contributed by atoms with Gasteiger partial charge < -0.3 is 18.8 Å². The van der Waals surface area contributed by atoms with Gasteiger partial charge in [0.1, 0.15) is 5.75 Å². The predicted octanol–water partition coefficient (Wildman–Crippen LogP) is 4.02. The average molecular weight is 360 g/mol. The van der Waals surface area contributed by atoms with E-state index in [2.05, 4.69) is 39.8 Å². The summed E-state index contributed by atoms with van der Waals surface area (Å²) < 4.78 is 23.7. The highest BCUT2D eigenvalue weighted by Gasteiger charge is 2.52. The van der Waals surface area contributed by atoms with Crippen LogP contribution in [0.15, 0.2) is 12.1 Å². The van der Waals surface area contributed by atoms with E-state index in [1.807, 2.05) is 0 Å². The highest BCUT2D eigenvalue weighted by Crippen LogP contribution is 2.37. The highest BCUT2D eigenvalue weighted by atomic mass is 16.7. The van der Waals surface area contributed by atoms with Gasteiger partial charge in [-0.05, 0) is 70.6 Å². The van der Waals surface area contributed by atoms with Crippen LogP contribution in [0.3, 0.4) is 0 Å². The van der Waals surface area contributed by atoms with Crippen molar-refractivity contribution in [2.75, 3.05) is 13.9 Å². The number of methoxy groups -OCH3 is 1. The minimum absolute atomic E-state index is 0.227. The SMILES string of the molecule is COCOc1cc2c(cc1B1OC(C)(C)C(C)(C)O1)CCCCCCC2. The lowest BCUT2D eigenvalue weighted by molar-refractivity contribution is 0.00578. The Morgan fingerprint density at radius 1 is 0.885 bits per heavy atom. The summed E-state index contributed by atoms with van der Waals surface area (Å²) in [5.41, 5.74) is 3.08. The standard InChI is InChI=1S/C21H33BO4/c1-20(2)21(3,4)26-22(25-20)18-13-16-11-9-7-6-8-10-12-17(16)14-19(18)24-15-23-5/h13-14H,6-12,15H2,1-5H3. The van der Waals surface area contributed by atoms with Crippen molar-refractivity contribution >= 4 is 12.6 Å². The summed E-state index contributed by atoms with van der Waals surface area (Å²) in [5, 5.41) is 0. The number of benzene rings is 1. The maximum absolute atomic E-state index is 6.30. The fourth-order valence-corrected chi connectivity index (χ4v) is 3.71. The molecule has 0 aromatic heterocycles. The maximum atomic E-state index is 6.30. The monoisotopic (exact) mass is 360 g/mol. The zero-order valence-electron chi connectivity index (χ0n) is 17.0. The molecule has 3 rings (SSSR count). The molecule has 0 N–H and O–H groups in total. The molecule has 0 spiro atoms.